The number of allylic oxidation sites excluding steroid dienone is 1. The van der Waals surface area contributed by atoms with Crippen molar-refractivity contribution in [1.82, 2.24) is 0 Å². The molecule has 0 saturated heterocycles. The summed E-state index contributed by atoms with van der Waals surface area (Å²) in [5.41, 5.74) is 8.27. The zero-order chi connectivity index (χ0) is 17.6. The SMILES string of the molecule is Cc1ccc([C@H]2C(C#N)=C(N)Oc3c2c(=O)oc2ccccc32)cc1. The molecule has 1 aromatic heterocycles. The Morgan fingerprint density at radius 2 is 1.84 bits per heavy atom. The molecule has 2 aromatic carbocycles. The lowest BCUT2D eigenvalue weighted by Gasteiger charge is -2.26. The zero-order valence-electron chi connectivity index (χ0n) is 13.4. The van der Waals surface area contributed by atoms with Crippen molar-refractivity contribution >= 4 is 11.0 Å². The monoisotopic (exact) mass is 330 g/mol. The van der Waals surface area contributed by atoms with Gasteiger partial charge >= 0.3 is 5.63 Å². The van der Waals surface area contributed by atoms with Crippen molar-refractivity contribution in [3.63, 3.8) is 0 Å². The van der Waals surface area contributed by atoms with Crippen LogP contribution in [-0.2, 0) is 0 Å². The summed E-state index contributed by atoms with van der Waals surface area (Å²) in [5.74, 6) is -0.250. The first-order chi connectivity index (χ1) is 12.1. The summed E-state index contributed by atoms with van der Waals surface area (Å²) in [5, 5.41) is 10.2. The average molecular weight is 330 g/mol. The van der Waals surface area contributed by atoms with Crippen molar-refractivity contribution in [2.24, 2.45) is 5.73 Å². The molecule has 2 heterocycles. The summed E-state index contributed by atoms with van der Waals surface area (Å²) >= 11 is 0. The van der Waals surface area contributed by atoms with Gasteiger partial charge in [0.25, 0.3) is 0 Å². The molecule has 0 unspecified atom stereocenters. The van der Waals surface area contributed by atoms with Crippen LogP contribution in [0.3, 0.4) is 0 Å². The number of benzene rings is 2. The van der Waals surface area contributed by atoms with E-state index in [4.69, 9.17) is 14.9 Å². The van der Waals surface area contributed by atoms with Gasteiger partial charge in [0.1, 0.15) is 17.2 Å². The predicted molar refractivity (Wildman–Crippen MR) is 93.0 cm³/mol. The largest absolute Gasteiger partial charge is 0.439 e. The molecule has 0 bridgehead atoms. The maximum atomic E-state index is 12.7. The van der Waals surface area contributed by atoms with E-state index < -0.39 is 11.5 Å². The third-order valence-corrected chi connectivity index (χ3v) is 4.38. The van der Waals surface area contributed by atoms with Gasteiger partial charge in [0, 0.05) is 0 Å². The molecule has 5 heteroatoms. The highest BCUT2D eigenvalue weighted by molar-refractivity contribution is 5.86. The highest BCUT2D eigenvalue weighted by atomic mass is 16.5. The summed E-state index contributed by atoms with van der Waals surface area (Å²) in [6.45, 7) is 1.97. The Morgan fingerprint density at radius 1 is 1.12 bits per heavy atom. The summed E-state index contributed by atoms with van der Waals surface area (Å²) in [7, 11) is 0. The second kappa shape index (κ2) is 5.53. The van der Waals surface area contributed by atoms with Gasteiger partial charge in [0.2, 0.25) is 5.88 Å². The Kier molecular flexibility index (Phi) is 3.33. The lowest BCUT2D eigenvalue weighted by molar-refractivity contribution is 0.388. The van der Waals surface area contributed by atoms with E-state index in [9.17, 15) is 10.1 Å². The summed E-state index contributed by atoms with van der Waals surface area (Å²) in [6.07, 6.45) is 0. The summed E-state index contributed by atoms with van der Waals surface area (Å²) in [4.78, 5) is 12.7. The van der Waals surface area contributed by atoms with Crippen molar-refractivity contribution < 1.29 is 9.15 Å². The minimum absolute atomic E-state index is 0.0105. The Bertz CT molecular complexity index is 1120. The van der Waals surface area contributed by atoms with Crippen LogP contribution in [0.1, 0.15) is 22.6 Å². The van der Waals surface area contributed by atoms with Crippen LogP contribution in [0.4, 0.5) is 0 Å². The molecular weight excluding hydrogens is 316 g/mol. The van der Waals surface area contributed by atoms with Crippen LogP contribution in [-0.4, -0.2) is 0 Å². The second-order valence-corrected chi connectivity index (χ2v) is 5.96. The van der Waals surface area contributed by atoms with Crippen LogP contribution in [0.25, 0.3) is 11.0 Å². The Labute approximate surface area is 143 Å². The maximum Gasteiger partial charge on any atom is 0.344 e. The highest BCUT2D eigenvalue weighted by Crippen LogP contribution is 2.43. The molecule has 1 aliphatic rings. The van der Waals surface area contributed by atoms with Crippen LogP contribution in [0, 0.1) is 18.3 Å². The fraction of sp³-hybridized carbons (Fsp3) is 0.100. The first kappa shape index (κ1) is 15.0. The first-order valence-electron chi connectivity index (χ1n) is 7.80. The van der Waals surface area contributed by atoms with Crippen LogP contribution >= 0.6 is 0 Å². The molecular formula is C20H14N2O3. The smallest absolute Gasteiger partial charge is 0.344 e. The molecule has 5 nitrogen and oxygen atoms in total. The van der Waals surface area contributed by atoms with Gasteiger partial charge in [-0.05, 0) is 24.6 Å². The number of nitrogens with zero attached hydrogens (tertiary/aromatic N) is 1. The number of hydrogen-bond acceptors (Lipinski definition) is 5. The lowest BCUT2D eigenvalue weighted by atomic mass is 9.83. The summed E-state index contributed by atoms with van der Waals surface area (Å²) < 4.78 is 11.1. The number of rotatable bonds is 1. The Hall–Kier alpha value is -3.52. The van der Waals surface area contributed by atoms with Gasteiger partial charge in [-0.15, -0.1) is 0 Å². The van der Waals surface area contributed by atoms with Crippen molar-refractivity contribution in [2.45, 2.75) is 12.8 Å². The number of nitrogens with two attached hydrogens (primary N) is 1. The normalized spacial score (nSPS) is 16.2. The average Bonchev–Trinajstić information content (AvgIpc) is 2.61. The third-order valence-electron chi connectivity index (χ3n) is 4.38. The van der Waals surface area contributed by atoms with Crippen LogP contribution in [0.5, 0.6) is 5.75 Å². The molecule has 0 fully saturated rings. The lowest BCUT2D eigenvalue weighted by Crippen LogP contribution is -2.26. The third kappa shape index (κ3) is 2.27. The molecule has 0 saturated carbocycles. The van der Waals surface area contributed by atoms with E-state index in [1.54, 1.807) is 18.2 Å². The minimum atomic E-state index is -0.616. The zero-order valence-corrected chi connectivity index (χ0v) is 13.4. The maximum absolute atomic E-state index is 12.7. The fourth-order valence-corrected chi connectivity index (χ4v) is 3.16. The molecule has 0 amide bonds. The minimum Gasteiger partial charge on any atom is -0.439 e. The molecule has 1 aliphatic heterocycles. The van der Waals surface area contributed by atoms with Gasteiger partial charge in [-0.2, -0.15) is 5.26 Å². The molecule has 0 aliphatic carbocycles. The standard InChI is InChI=1S/C20H14N2O3/c1-11-6-8-12(9-7-11)16-14(10-21)19(22)25-18-13-4-2-3-5-15(13)24-20(23)17(16)18/h2-9,16H,22H2,1H3/t16-/m0/s1. The van der Waals surface area contributed by atoms with Crippen molar-refractivity contribution in [3.05, 3.63) is 87.1 Å². The van der Waals surface area contributed by atoms with E-state index in [1.165, 1.54) is 0 Å². The van der Waals surface area contributed by atoms with Gasteiger partial charge in [-0.1, -0.05) is 42.0 Å². The predicted octanol–water partition coefficient (Wildman–Crippen LogP) is 3.32. The van der Waals surface area contributed by atoms with Crippen LogP contribution in [0.15, 0.2) is 69.2 Å². The van der Waals surface area contributed by atoms with Gasteiger partial charge in [-0.25, -0.2) is 4.79 Å². The van der Waals surface area contributed by atoms with Crippen molar-refractivity contribution in [1.29, 1.82) is 5.26 Å². The van der Waals surface area contributed by atoms with E-state index in [1.807, 2.05) is 37.3 Å². The Morgan fingerprint density at radius 3 is 2.56 bits per heavy atom. The van der Waals surface area contributed by atoms with E-state index in [2.05, 4.69) is 6.07 Å². The molecule has 0 spiro atoms. The first-order valence-corrected chi connectivity index (χ1v) is 7.80. The number of nitriles is 1. The number of para-hydroxylation sites is 1. The number of ether oxygens (including phenoxy) is 1. The number of aryl methyl sites for hydroxylation is 1. The van der Waals surface area contributed by atoms with Crippen LogP contribution < -0.4 is 16.1 Å². The van der Waals surface area contributed by atoms with E-state index >= 15 is 0 Å². The summed E-state index contributed by atoms with van der Waals surface area (Å²) in [6, 6.07) is 16.8. The van der Waals surface area contributed by atoms with Crippen LogP contribution in [0.2, 0.25) is 0 Å². The van der Waals surface area contributed by atoms with Gasteiger partial charge in [-0.3, -0.25) is 0 Å². The second-order valence-electron chi connectivity index (χ2n) is 5.96. The molecule has 3 aromatic rings. The van der Waals surface area contributed by atoms with Crippen molar-refractivity contribution in [2.75, 3.05) is 0 Å². The molecule has 4 rings (SSSR count). The highest BCUT2D eigenvalue weighted by Gasteiger charge is 2.35. The molecule has 122 valence electrons. The van der Waals surface area contributed by atoms with Gasteiger partial charge < -0.3 is 14.9 Å². The topological polar surface area (TPSA) is 89.3 Å². The van der Waals surface area contributed by atoms with Crippen molar-refractivity contribution in [3.8, 4) is 11.8 Å². The molecule has 1 atom stereocenters. The molecule has 2 N–H and O–H groups in total. The van der Waals surface area contributed by atoms with Gasteiger partial charge in [0.15, 0.2) is 5.75 Å². The quantitative estimate of drug-likeness (QED) is 0.691. The number of fused-ring (bicyclic) bond motifs is 3. The molecule has 0 radical (unpaired) electrons. The fourth-order valence-electron chi connectivity index (χ4n) is 3.16. The van der Waals surface area contributed by atoms with E-state index in [0.717, 1.165) is 11.1 Å². The number of hydrogen-bond donors (Lipinski definition) is 1. The van der Waals surface area contributed by atoms with E-state index in [0.29, 0.717) is 22.3 Å². The molecule has 25 heavy (non-hydrogen) atoms. The Balaban J connectivity index is 2.08. The van der Waals surface area contributed by atoms with Gasteiger partial charge in [0.05, 0.1) is 16.9 Å². The van der Waals surface area contributed by atoms with E-state index in [-0.39, 0.29) is 11.5 Å².